The molecule has 2 aromatic carbocycles. The lowest BCUT2D eigenvalue weighted by atomic mass is 10.0. The molecule has 0 saturated carbocycles. The van der Waals surface area contributed by atoms with Crippen LogP contribution in [0.3, 0.4) is 0 Å². The Morgan fingerprint density at radius 1 is 1.12 bits per heavy atom. The topological polar surface area (TPSA) is 38.3 Å². The molecule has 1 amide bonds. The normalized spacial score (nSPS) is 12.3. The van der Waals surface area contributed by atoms with E-state index in [1.807, 2.05) is 30.3 Å². The van der Waals surface area contributed by atoms with E-state index in [0.717, 1.165) is 17.7 Å². The Balaban J connectivity index is 2.00. The van der Waals surface area contributed by atoms with Crippen molar-refractivity contribution in [2.24, 2.45) is 0 Å². The smallest absolute Gasteiger partial charge is 0.416 e. The average molecular weight is 349 g/mol. The van der Waals surface area contributed by atoms with Crippen LogP contribution in [0, 0.1) is 0 Å². The van der Waals surface area contributed by atoms with Gasteiger partial charge >= 0.3 is 12.3 Å². The maximum absolute atomic E-state index is 12.6. The third-order valence-electron chi connectivity index (χ3n) is 3.55. The zero-order valence-corrected chi connectivity index (χ0v) is 13.4. The third-order valence-corrected chi connectivity index (χ3v) is 3.55. The molecule has 1 unspecified atom stereocenters. The fraction of sp³-hybridized carbons (Fsp3) is 0.211. The lowest BCUT2D eigenvalue weighted by molar-refractivity contribution is -0.137. The maximum atomic E-state index is 12.6. The second kappa shape index (κ2) is 8.37. The van der Waals surface area contributed by atoms with E-state index in [9.17, 15) is 18.0 Å². The van der Waals surface area contributed by atoms with E-state index in [0.29, 0.717) is 12.0 Å². The van der Waals surface area contributed by atoms with E-state index in [1.165, 1.54) is 12.1 Å². The molecule has 0 heterocycles. The van der Waals surface area contributed by atoms with Gasteiger partial charge in [0.1, 0.15) is 6.61 Å². The van der Waals surface area contributed by atoms with Crippen LogP contribution in [-0.2, 0) is 17.5 Å². The summed E-state index contributed by atoms with van der Waals surface area (Å²) in [5, 5.41) is 2.65. The molecule has 0 aliphatic rings. The molecule has 0 aliphatic heterocycles. The maximum Gasteiger partial charge on any atom is 0.416 e. The van der Waals surface area contributed by atoms with E-state index >= 15 is 0 Å². The average Bonchev–Trinajstić information content (AvgIpc) is 2.60. The molecule has 0 spiro atoms. The first-order valence-corrected chi connectivity index (χ1v) is 7.65. The number of nitrogens with one attached hydrogen (secondary N) is 1. The van der Waals surface area contributed by atoms with Gasteiger partial charge in [0.05, 0.1) is 11.6 Å². The largest absolute Gasteiger partial charge is 0.445 e. The van der Waals surface area contributed by atoms with E-state index in [2.05, 4.69) is 11.9 Å². The van der Waals surface area contributed by atoms with Crippen LogP contribution >= 0.6 is 0 Å². The second-order valence-electron chi connectivity index (χ2n) is 5.40. The molecule has 6 heteroatoms. The summed E-state index contributed by atoms with van der Waals surface area (Å²) in [6.07, 6.45) is -3.09. The summed E-state index contributed by atoms with van der Waals surface area (Å²) in [4.78, 5) is 12.0. The van der Waals surface area contributed by atoms with Gasteiger partial charge in [0.25, 0.3) is 0 Å². The Morgan fingerprint density at radius 3 is 2.32 bits per heavy atom. The number of alkyl halides is 3. The molecule has 1 atom stereocenters. The Morgan fingerprint density at radius 2 is 1.76 bits per heavy atom. The number of carbonyl (C=O) groups excluding carboxylic acids is 1. The molecule has 0 saturated heterocycles. The highest BCUT2D eigenvalue weighted by Crippen LogP contribution is 2.30. The number of ether oxygens (including phenoxy) is 1. The van der Waals surface area contributed by atoms with Crippen molar-refractivity contribution >= 4 is 6.09 Å². The van der Waals surface area contributed by atoms with Crippen LogP contribution < -0.4 is 5.32 Å². The summed E-state index contributed by atoms with van der Waals surface area (Å²) in [5.41, 5.74) is 0.650. The minimum atomic E-state index is -4.39. The molecule has 2 aromatic rings. The van der Waals surface area contributed by atoms with Crippen LogP contribution in [0.15, 0.2) is 67.3 Å². The molecule has 0 radical (unpaired) electrons. The summed E-state index contributed by atoms with van der Waals surface area (Å²) >= 11 is 0. The number of rotatable bonds is 6. The van der Waals surface area contributed by atoms with Gasteiger partial charge in [-0.2, -0.15) is 13.2 Å². The predicted molar refractivity (Wildman–Crippen MR) is 88.8 cm³/mol. The number of hydrogen-bond acceptors (Lipinski definition) is 2. The molecule has 132 valence electrons. The van der Waals surface area contributed by atoms with Crippen molar-refractivity contribution in [3.05, 3.63) is 83.9 Å². The summed E-state index contributed by atoms with van der Waals surface area (Å²) in [7, 11) is 0. The molecule has 0 fully saturated rings. The van der Waals surface area contributed by atoms with Crippen molar-refractivity contribution < 1.29 is 22.7 Å². The number of hydrogen-bond donors (Lipinski definition) is 1. The first-order chi connectivity index (χ1) is 11.9. The van der Waals surface area contributed by atoms with Gasteiger partial charge in [-0.3, -0.25) is 0 Å². The van der Waals surface area contributed by atoms with Crippen LogP contribution in [0.4, 0.5) is 18.0 Å². The third kappa shape index (κ3) is 5.67. The van der Waals surface area contributed by atoms with Crippen LogP contribution in [0.5, 0.6) is 0 Å². The molecule has 0 aromatic heterocycles. The number of alkyl carbamates (subject to hydrolysis) is 1. The Bertz CT molecular complexity index is 697. The van der Waals surface area contributed by atoms with Crippen LogP contribution in [0.1, 0.15) is 29.2 Å². The monoisotopic (exact) mass is 349 g/mol. The van der Waals surface area contributed by atoms with E-state index in [1.54, 1.807) is 6.08 Å². The van der Waals surface area contributed by atoms with Crippen LogP contribution in [0.25, 0.3) is 0 Å². The van der Waals surface area contributed by atoms with Gasteiger partial charge in [-0.1, -0.05) is 48.5 Å². The summed E-state index contributed by atoms with van der Waals surface area (Å²) < 4.78 is 43.0. The van der Waals surface area contributed by atoms with Crippen LogP contribution in [0.2, 0.25) is 0 Å². The van der Waals surface area contributed by atoms with Crippen LogP contribution in [-0.4, -0.2) is 6.09 Å². The fourth-order valence-electron chi connectivity index (χ4n) is 2.26. The fourth-order valence-corrected chi connectivity index (χ4v) is 2.26. The molecule has 1 N–H and O–H groups in total. The SMILES string of the molecule is C=CCC(NC(=O)OCc1ccccc1)c1ccc(C(F)(F)F)cc1. The molecule has 3 nitrogen and oxygen atoms in total. The number of benzene rings is 2. The van der Waals surface area contributed by atoms with Gasteiger partial charge in [0.2, 0.25) is 0 Å². The molecular formula is C19H18F3NO2. The molecule has 0 bridgehead atoms. The van der Waals surface area contributed by atoms with Gasteiger partial charge in [0.15, 0.2) is 0 Å². The predicted octanol–water partition coefficient (Wildman–Crippen LogP) is 5.25. The Labute approximate surface area is 144 Å². The van der Waals surface area contributed by atoms with Gasteiger partial charge in [-0.15, -0.1) is 6.58 Å². The zero-order chi connectivity index (χ0) is 18.3. The first-order valence-electron chi connectivity index (χ1n) is 7.65. The minimum Gasteiger partial charge on any atom is -0.445 e. The van der Waals surface area contributed by atoms with Gasteiger partial charge in [-0.05, 0) is 29.7 Å². The highest BCUT2D eigenvalue weighted by molar-refractivity contribution is 5.68. The van der Waals surface area contributed by atoms with Crippen molar-refractivity contribution in [3.8, 4) is 0 Å². The molecule has 25 heavy (non-hydrogen) atoms. The van der Waals surface area contributed by atoms with E-state index in [4.69, 9.17) is 4.74 Å². The second-order valence-corrected chi connectivity index (χ2v) is 5.40. The zero-order valence-electron chi connectivity index (χ0n) is 13.4. The van der Waals surface area contributed by atoms with Gasteiger partial charge < -0.3 is 10.1 Å². The molecular weight excluding hydrogens is 331 g/mol. The molecule has 2 rings (SSSR count). The lowest BCUT2D eigenvalue weighted by Crippen LogP contribution is -2.28. The Kier molecular flexibility index (Phi) is 6.22. The van der Waals surface area contributed by atoms with Gasteiger partial charge in [-0.25, -0.2) is 4.79 Å². The van der Waals surface area contributed by atoms with Crippen molar-refractivity contribution in [3.63, 3.8) is 0 Å². The highest BCUT2D eigenvalue weighted by Gasteiger charge is 2.30. The van der Waals surface area contributed by atoms with E-state index in [-0.39, 0.29) is 6.61 Å². The summed E-state index contributed by atoms with van der Waals surface area (Å²) in [6, 6.07) is 13.3. The van der Waals surface area contributed by atoms with E-state index < -0.39 is 23.9 Å². The highest BCUT2D eigenvalue weighted by atomic mass is 19.4. The van der Waals surface area contributed by atoms with Crippen molar-refractivity contribution in [2.75, 3.05) is 0 Å². The summed E-state index contributed by atoms with van der Waals surface area (Å²) in [5.74, 6) is 0. The van der Waals surface area contributed by atoms with Gasteiger partial charge in [0, 0.05) is 0 Å². The first kappa shape index (κ1) is 18.6. The Hall–Kier alpha value is -2.76. The lowest BCUT2D eigenvalue weighted by Gasteiger charge is -2.18. The number of halogens is 3. The van der Waals surface area contributed by atoms with Crippen molar-refractivity contribution in [1.29, 1.82) is 0 Å². The number of carbonyl (C=O) groups is 1. The minimum absolute atomic E-state index is 0.112. The quantitative estimate of drug-likeness (QED) is 0.724. The van der Waals surface area contributed by atoms with Crippen molar-refractivity contribution in [1.82, 2.24) is 5.32 Å². The summed E-state index contributed by atoms with van der Waals surface area (Å²) in [6.45, 7) is 3.72. The standard InChI is InChI=1S/C19H18F3NO2/c1-2-6-17(15-9-11-16(12-10-15)19(20,21)22)23-18(24)25-13-14-7-4-3-5-8-14/h2-5,7-12,17H,1,6,13H2,(H,23,24). The molecule has 0 aliphatic carbocycles. The van der Waals surface area contributed by atoms with Crippen molar-refractivity contribution in [2.45, 2.75) is 25.2 Å². The number of amides is 1.